The summed E-state index contributed by atoms with van der Waals surface area (Å²) in [6.07, 6.45) is 1.65. The molecule has 23 heavy (non-hydrogen) atoms. The van der Waals surface area contributed by atoms with Crippen LogP contribution in [0.5, 0.6) is 0 Å². The Hall–Kier alpha value is -1.56. The molecule has 5 nitrogen and oxygen atoms in total. The van der Waals surface area contributed by atoms with E-state index in [4.69, 9.17) is 0 Å². The Kier molecular flexibility index (Phi) is 6.04. The van der Waals surface area contributed by atoms with Crippen molar-refractivity contribution in [2.24, 2.45) is 0 Å². The van der Waals surface area contributed by atoms with Crippen LogP contribution in [-0.4, -0.2) is 53.8 Å². The number of carbonyl (C=O) groups is 1. The number of amides is 2. The van der Waals surface area contributed by atoms with Gasteiger partial charge in [0.15, 0.2) is 0 Å². The second-order valence-electron chi connectivity index (χ2n) is 6.38. The molecule has 2 rings (SSSR count). The molecule has 1 aromatic rings. The topological polar surface area (TPSA) is 52.7 Å². The van der Waals surface area contributed by atoms with Crippen molar-refractivity contribution in [3.8, 4) is 0 Å². The van der Waals surface area contributed by atoms with Crippen LogP contribution in [0.3, 0.4) is 0 Å². The van der Waals surface area contributed by atoms with Gasteiger partial charge in [0.2, 0.25) is 0 Å². The van der Waals surface area contributed by atoms with Crippen molar-refractivity contribution in [3.63, 3.8) is 0 Å². The molecule has 1 aromatic carbocycles. The number of nitrogens with zero attached hydrogens (tertiary/aromatic N) is 2. The Bertz CT molecular complexity index is 579. The fraction of sp³-hybridized carbons (Fsp3) is 0.588. The number of carbonyl (C=O) groups excluding carboxylic acids is 1. The monoisotopic (exact) mass is 337 g/mol. The van der Waals surface area contributed by atoms with Crippen LogP contribution >= 0.6 is 0 Å². The van der Waals surface area contributed by atoms with Crippen molar-refractivity contribution >= 4 is 22.5 Å². The van der Waals surface area contributed by atoms with Crippen LogP contribution in [0.2, 0.25) is 0 Å². The first-order valence-corrected chi connectivity index (χ1v) is 9.49. The smallest absolute Gasteiger partial charge is 0.317 e. The number of benzene rings is 1. The number of rotatable bonds is 4. The van der Waals surface area contributed by atoms with E-state index in [1.807, 2.05) is 21.1 Å². The first kappa shape index (κ1) is 17.8. The standard InChI is InChI=1S/C17H27N3O2S/c1-13-5-6-14(16(11-13)19(2)3)12-18-17(21)20(4)15-7-9-23(22)10-8-15/h5-6,11,15H,7-10,12H2,1-4H3,(H,18,21). The molecule has 0 atom stereocenters. The molecule has 128 valence electrons. The third-order valence-electron chi connectivity index (χ3n) is 4.38. The SMILES string of the molecule is Cc1ccc(CNC(=O)N(C)C2CCS(=O)CC2)c(N(C)C)c1. The Morgan fingerprint density at radius 3 is 2.52 bits per heavy atom. The van der Waals surface area contributed by atoms with Crippen LogP contribution < -0.4 is 10.2 Å². The summed E-state index contributed by atoms with van der Waals surface area (Å²) in [6, 6.07) is 6.39. The third kappa shape index (κ3) is 4.70. The number of anilines is 1. The fourth-order valence-corrected chi connectivity index (χ4v) is 4.14. The maximum Gasteiger partial charge on any atom is 0.317 e. The van der Waals surface area contributed by atoms with Crippen LogP contribution in [0.4, 0.5) is 10.5 Å². The minimum Gasteiger partial charge on any atom is -0.377 e. The second kappa shape index (κ2) is 7.81. The van der Waals surface area contributed by atoms with Crippen LogP contribution in [0.25, 0.3) is 0 Å². The molecule has 1 fully saturated rings. The fourth-order valence-electron chi connectivity index (χ4n) is 2.87. The molecule has 1 aliphatic heterocycles. The molecule has 6 heteroatoms. The molecular weight excluding hydrogens is 310 g/mol. The summed E-state index contributed by atoms with van der Waals surface area (Å²) in [5, 5.41) is 3.01. The quantitative estimate of drug-likeness (QED) is 0.915. The molecule has 1 heterocycles. The summed E-state index contributed by atoms with van der Waals surface area (Å²) >= 11 is 0. The van der Waals surface area contributed by atoms with Gasteiger partial charge in [-0.05, 0) is 37.0 Å². The van der Waals surface area contributed by atoms with E-state index in [-0.39, 0.29) is 12.1 Å². The summed E-state index contributed by atoms with van der Waals surface area (Å²) < 4.78 is 11.4. The molecule has 1 N–H and O–H groups in total. The molecule has 0 aliphatic carbocycles. The van der Waals surface area contributed by atoms with E-state index in [1.165, 1.54) is 5.56 Å². The predicted octanol–water partition coefficient (Wildman–Crippen LogP) is 2.11. The Balaban J connectivity index is 1.95. The van der Waals surface area contributed by atoms with Gasteiger partial charge < -0.3 is 15.1 Å². The van der Waals surface area contributed by atoms with Crippen LogP contribution in [0.1, 0.15) is 24.0 Å². The van der Waals surface area contributed by atoms with E-state index < -0.39 is 10.8 Å². The van der Waals surface area contributed by atoms with E-state index in [0.717, 1.165) is 24.1 Å². The van der Waals surface area contributed by atoms with Gasteiger partial charge in [-0.25, -0.2) is 4.79 Å². The van der Waals surface area contributed by atoms with Gasteiger partial charge in [0.25, 0.3) is 0 Å². The summed E-state index contributed by atoms with van der Waals surface area (Å²) in [5.41, 5.74) is 3.43. The molecule has 0 bridgehead atoms. The predicted molar refractivity (Wildman–Crippen MR) is 96.4 cm³/mol. The molecule has 1 saturated heterocycles. The molecule has 0 radical (unpaired) electrons. The van der Waals surface area contributed by atoms with Gasteiger partial charge in [-0.3, -0.25) is 4.21 Å². The molecule has 0 aromatic heterocycles. The zero-order valence-electron chi connectivity index (χ0n) is 14.5. The molecule has 2 amide bonds. The summed E-state index contributed by atoms with van der Waals surface area (Å²) in [6.45, 7) is 2.58. The van der Waals surface area contributed by atoms with Gasteiger partial charge in [0, 0.05) is 61.7 Å². The minimum atomic E-state index is -0.699. The van der Waals surface area contributed by atoms with E-state index >= 15 is 0 Å². The van der Waals surface area contributed by atoms with Gasteiger partial charge >= 0.3 is 6.03 Å². The summed E-state index contributed by atoms with van der Waals surface area (Å²) in [5.74, 6) is 1.40. The normalized spacial score (nSPS) is 20.9. The van der Waals surface area contributed by atoms with E-state index in [0.29, 0.717) is 18.1 Å². The van der Waals surface area contributed by atoms with Gasteiger partial charge in [-0.15, -0.1) is 0 Å². The Morgan fingerprint density at radius 1 is 1.26 bits per heavy atom. The molecule has 1 aliphatic rings. The highest BCUT2D eigenvalue weighted by Gasteiger charge is 2.24. The number of aryl methyl sites for hydroxylation is 1. The first-order chi connectivity index (χ1) is 10.9. The van der Waals surface area contributed by atoms with Crippen LogP contribution in [-0.2, 0) is 17.3 Å². The summed E-state index contributed by atoms with van der Waals surface area (Å²) in [7, 11) is 5.15. The molecular formula is C17H27N3O2S. The lowest BCUT2D eigenvalue weighted by atomic mass is 10.1. The van der Waals surface area contributed by atoms with Crippen LogP contribution in [0, 0.1) is 6.92 Å². The van der Waals surface area contributed by atoms with E-state index in [9.17, 15) is 9.00 Å². The van der Waals surface area contributed by atoms with Gasteiger partial charge in [-0.1, -0.05) is 12.1 Å². The van der Waals surface area contributed by atoms with Crippen molar-refractivity contribution in [1.29, 1.82) is 0 Å². The maximum absolute atomic E-state index is 12.4. The zero-order chi connectivity index (χ0) is 17.0. The average molecular weight is 337 g/mol. The van der Waals surface area contributed by atoms with Gasteiger partial charge in [-0.2, -0.15) is 0 Å². The number of nitrogens with one attached hydrogen (secondary N) is 1. The lowest BCUT2D eigenvalue weighted by Crippen LogP contribution is -2.46. The van der Waals surface area contributed by atoms with Crippen molar-refractivity contribution in [1.82, 2.24) is 10.2 Å². The highest BCUT2D eigenvalue weighted by Crippen LogP contribution is 2.20. The molecule has 0 unspecified atom stereocenters. The van der Waals surface area contributed by atoms with Gasteiger partial charge in [0.05, 0.1) is 0 Å². The van der Waals surface area contributed by atoms with Crippen molar-refractivity contribution in [2.45, 2.75) is 32.4 Å². The largest absolute Gasteiger partial charge is 0.377 e. The van der Waals surface area contributed by atoms with E-state index in [1.54, 1.807) is 4.90 Å². The highest BCUT2D eigenvalue weighted by atomic mass is 32.2. The van der Waals surface area contributed by atoms with Crippen LogP contribution in [0.15, 0.2) is 18.2 Å². The minimum absolute atomic E-state index is 0.0621. The van der Waals surface area contributed by atoms with Crippen molar-refractivity contribution in [3.05, 3.63) is 29.3 Å². The second-order valence-corrected chi connectivity index (χ2v) is 8.07. The molecule has 0 spiro atoms. The van der Waals surface area contributed by atoms with Crippen molar-refractivity contribution in [2.75, 3.05) is 37.5 Å². The Morgan fingerprint density at radius 2 is 1.91 bits per heavy atom. The zero-order valence-corrected chi connectivity index (χ0v) is 15.3. The number of urea groups is 1. The highest BCUT2D eigenvalue weighted by molar-refractivity contribution is 7.85. The first-order valence-electron chi connectivity index (χ1n) is 8.01. The average Bonchev–Trinajstić information content (AvgIpc) is 2.53. The number of hydrogen-bond acceptors (Lipinski definition) is 3. The summed E-state index contributed by atoms with van der Waals surface area (Å²) in [4.78, 5) is 16.2. The number of hydrogen-bond donors (Lipinski definition) is 1. The van der Waals surface area contributed by atoms with Crippen molar-refractivity contribution < 1.29 is 9.00 Å². The van der Waals surface area contributed by atoms with E-state index in [2.05, 4.69) is 35.3 Å². The Labute approximate surface area is 141 Å². The van der Waals surface area contributed by atoms with Gasteiger partial charge in [0.1, 0.15) is 0 Å². The lowest BCUT2D eigenvalue weighted by molar-refractivity contribution is 0.185. The third-order valence-corrected chi connectivity index (χ3v) is 5.76. The molecule has 0 saturated carbocycles. The lowest BCUT2D eigenvalue weighted by Gasteiger charge is -2.31. The maximum atomic E-state index is 12.4.